The van der Waals surface area contributed by atoms with Gasteiger partial charge in [0.15, 0.2) is 0 Å². The van der Waals surface area contributed by atoms with Crippen LogP contribution in [0.5, 0.6) is 5.75 Å². The molecule has 1 aromatic rings. The standard InChI is InChI=1S/C13H16N2O4/c1-8-4-9(13(18)19)2-3-15(8)12(17)10-5-11(16)7-14-6-10/h5-9,16H,2-4H2,1H3,(H,18,19). The van der Waals surface area contributed by atoms with Crippen molar-refractivity contribution in [1.82, 2.24) is 9.88 Å². The van der Waals surface area contributed by atoms with Crippen LogP contribution in [-0.4, -0.2) is 44.6 Å². The maximum atomic E-state index is 12.3. The van der Waals surface area contributed by atoms with Crippen LogP contribution in [0.3, 0.4) is 0 Å². The predicted octanol–water partition coefficient (Wildman–Crippen LogP) is 1.11. The third-order valence-electron chi connectivity index (χ3n) is 3.46. The lowest BCUT2D eigenvalue weighted by molar-refractivity contribution is -0.143. The monoisotopic (exact) mass is 264 g/mol. The highest BCUT2D eigenvalue weighted by Crippen LogP contribution is 2.25. The van der Waals surface area contributed by atoms with Crippen LogP contribution in [-0.2, 0) is 4.79 Å². The van der Waals surface area contributed by atoms with Crippen LogP contribution in [0, 0.1) is 5.92 Å². The third kappa shape index (κ3) is 2.83. The van der Waals surface area contributed by atoms with E-state index < -0.39 is 5.97 Å². The van der Waals surface area contributed by atoms with Gasteiger partial charge < -0.3 is 15.1 Å². The summed E-state index contributed by atoms with van der Waals surface area (Å²) < 4.78 is 0. The highest BCUT2D eigenvalue weighted by Gasteiger charge is 2.32. The Morgan fingerprint density at radius 2 is 2.16 bits per heavy atom. The fourth-order valence-corrected chi connectivity index (χ4v) is 2.41. The number of aromatic hydroxyl groups is 1. The summed E-state index contributed by atoms with van der Waals surface area (Å²) in [7, 11) is 0. The van der Waals surface area contributed by atoms with Crippen molar-refractivity contribution < 1.29 is 19.8 Å². The van der Waals surface area contributed by atoms with E-state index in [2.05, 4.69) is 4.98 Å². The van der Waals surface area contributed by atoms with Crippen molar-refractivity contribution in [1.29, 1.82) is 0 Å². The second kappa shape index (κ2) is 5.26. The summed E-state index contributed by atoms with van der Waals surface area (Å²) in [6.45, 7) is 2.25. The zero-order chi connectivity index (χ0) is 14.0. The summed E-state index contributed by atoms with van der Waals surface area (Å²) in [4.78, 5) is 28.6. The van der Waals surface area contributed by atoms with Gasteiger partial charge in [0.2, 0.25) is 0 Å². The number of amides is 1. The van der Waals surface area contributed by atoms with Crippen molar-refractivity contribution in [3.05, 3.63) is 24.0 Å². The average molecular weight is 264 g/mol. The largest absolute Gasteiger partial charge is 0.506 e. The summed E-state index contributed by atoms with van der Waals surface area (Å²) in [6, 6.07) is 1.23. The number of carbonyl (C=O) groups is 2. The minimum Gasteiger partial charge on any atom is -0.506 e. The summed E-state index contributed by atoms with van der Waals surface area (Å²) >= 11 is 0. The van der Waals surface area contributed by atoms with Crippen LogP contribution in [0.2, 0.25) is 0 Å². The van der Waals surface area contributed by atoms with Gasteiger partial charge in [0.25, 0.3) is 5.91 Å². The van der Waals surface area contributed by atoms with E-state index in [1.807, 2.05) is 6.92 Å². The fourth-order valence-electron chi connectivity index (χ4n) is 2.41. The van der Waals surface area contributed by atoms with E-state index in [1.54, 1.807) is 4.90 Å². The maximum absolute atomic E-state index is 12.3. The lowest BCUT2D eigenvalue weighted by atomic mass is 9.91. The number of hydrogen-bond acceptors (Lipinski definition) is 4. The molecule has 1 fully saturated rings. The quantitative estimate of drug-likeness (QED) is 0.835. The number of aliphatic carboxylic acids is 1. The van der Waals surface area contributed by atoms with E-state index in [-0.39, 0.29) is 23.6 Å². The molecule has 0 aliphatic carbocycles. The molecule has 2 heterocycles. The van der Waals surface area contributed by atoms with Crippen molar-refractivity contribution in [2.45, 2.75) is 25.8 Å². The van der Waals surface area contributed by atoms with Gasteiger partial charge in [-0.2, -0.15) is 0 Å². The van der Waals surface area contributed by atoms with Gasteiger partial charge in [-0.05, 0) is 25.8 Å². The number of carboxylic acids is 1. The minimum atomic E-state index is -0.807. The van der Waals surface area contributed by atoms with Crippen molar-refractivity contribution in [2.75, 3.05) is 6.54 Å². The van der Waals surface area contributed by atoms with Gasteiger partial charge in [0.1, 0.15) is 5.75 Å². The van der Waals surface area contributed by atoms with Gasteiger partial charge in [-0.3, -0.25) is 14.6 Å². The van der Waals surface area contributed by atoms with Crippen molar-refractivity contribution in [2.24, 2.45) is 5.92 Å². The van der Waals surface area contributed by atoms with E-state index in [4.69, 9.17) is 5.11 Å². The first-order valence-corrected chi connectivity index (χ1v) is 6.17. The first kappa shape index (κ1) is 13.3. The highest BCUT2D eigenvalue weighted by molar-refractivity contribution is 5.94. The van der Waals surface area contributed by atoms with Gasteiger partial charge in [0.05, 0.1) is 17.7 Å². The number of likely N-dealkylation sites (tertiary alicyclic amines) is 1. The second-order valence-corrected chi connectivity index (χ2v) is 4.84. The van der Waals surface area contributed by atoms with Gasteiger partial charge in [-0.1, -0.05) is 0 Å². The normalized spacial score (nSPS) is 23.1. The van der Waals surface area contributed by atoms with Crippen molar-refractivity contribution in [3.8, 4) is 5.75 Å². The number of carboxylic acid groups (broad SMARTS) is 1. The molecule has 0 spiro atoms. The number of pyridine rings is 1. The molecular formula is C13H16N2O4. The molecule has 0 radical (unpaired) electrons. The molecule has 1 amide bonds. The highest BCUT2D eigenvalue weighted by atomic mass is 16.4. The molecule has 19 heavy (non-hydrogen) atoms. The van der Waals surface area contributed by atoms with E-state index in [0.717, 1.165) is 0 Å². The molecule has 1 aliphatic rings. The Balaban J connectivity index is 2.11. The molecule has 1 aromatic heterocycles. The zero-order valence-electron chi connectivity index (χ0n) is 10.6. The SMILES string of the molecule is CC1CC(C(=O)O)CCN1C(=O)c1cncc(O)c1. The van der Waals surface area contributed by atoms with Crippen LogP contribution in [0.1, 0.15) is 30.1 Å². The smallest absolute Gasteiger partial charge is 0.306 e. The lowest BCUT2D eigenvalue weighted by Crippen LogP contribution is -2.46. The summed E-state index contributed by atoms with van der Waals surface area (Å²) in [5.74, 6) is -1.47. The number of hydrogen-bond donors (Lipinski definition) is 2. The Bertz CT molecular complexity index is 503. The Morgan fingerprint density at radius 1 is 1.42 bits per heavy atom. The van der Waals surface area contributed by atoms with Gasteiger partial charge in [-0.25, -0.2) is 0 Å². The predicted molar refractivity (Wildman–Crippen MR) is 66.8 cm³/mol. The number of rotatable bonds is 2. The molecule has 0 bridgehead atoms. The lowest BCUT2D eigenvalue weighted by Gasteiger charge is -2.36. The Morgan fingerprint density at radius 3 is 2.74 bits per heavy atom. The summed E-state index contributed by atoms with van der Waals surface area (Å²) in [5.41, 5.74) is 0.320. The molecular weight excluding hydrogens is 248 g/mol. The van der Waals surface area contributed by atoms with E-state index in [9.17, 15) is 14.7 Å². The molecule has 6 nitrogen and oxygen atoms in total. The summed E-state index contributed by atoms with van der Waals surface area (Å²) in [5, 5.41) is 18.3. The average Bonchev–Trinajstić information content (AvgIpc) is 2.37. The molecule has 0 aromatic carbocycles. The van der Waals surface area contributed by atoms with Gasteiger partial charge >= 0.3 is 5.97 Å². The minimum absolute atomic E-state index is 0.0566. The zero-order valence-corrected chi connectivity index (χ0v) is 10.6. The van der Waals surface area contributed by atoms with Crippen LogP contribution >= 0.6 is 0 Å². The molecule has 1 aliphatic heterocycles. The second-order valence-electron chi connectivity index (χ2n) is 4.84. The number of aromatic nitrogens is 1. The van der Waals surface area contributed by atoms with Crippen LogP contribution in [0.15, 0.2) is 18.5 Å². The Kier molecular flexibility index (Phi) is 3.69. The van der Waals surface area contributed by atoms with E-state index >= 15 is 0 Å². The van der Waals surface area contributed by atoms with Gasteiger partial charge in [-0.15, -0.1) is 0 Å². The molecule has 2 rings (SSSR count). The summed E-state index contributed by atoms with van der Waals surface area (Å²) in [6.07, 6.45) is 3.57. The number of piperidine rings is 1. The van der Waals surface area contributed by atoms with Crippen molar-refractivity contribution in [3.63, 3.8) is 0 Å². The van der Waals surface area contributed by atoms with Crippen molar-refractivity contribution >= 4 is 11.9 Å². The first-order chi connectivity index (χ1) is 8.99. The molecule has 0 saturated carbocycles. The van der Waals surface area contributed by atoms with E-state index in [0.29, 0.717) is 24.9 Å². The van der Waals surface area contributed by atoms with Crippen LogP contribution in [0.25, 0.3) is 0 Å². The molecule has 2 atom stereocenters. The molecule has 2 unspecified atom stereocenters. The number of nitrogens with zero attached hydrogens (tertiary/aromatic N) is 2. The first-order valence-electron chi connectivity index (χ1n) is 6.17. The van der Waals surface area contributed by atoms with E-state index in [1.165, 1.54) is 18.5 Å². The molecule has 1 saturated heterocycles. The third-order valence-corrected chi connectivity index (χ3v) is 3.46. The molecule has 6 heteroatoms. The Hall–Kier alpha value is -2.11. The van der Waals surface area contributed by atoms with Gasteiger partial charge in [0, 0.05) is 18.8 Å². The van der Waals surface area contributed by atoms with Crippen LogP contribution in [0.4, 0.5) is 0 Å². The number of carbonyl (C=O) groups excluding carboxylic acids is 1. The topological polar surface area (TPSA) is 90.7 Å². The fraction of sp³-hybridized carbons (Fsp3) is 0.462. The maximum Gasteiger partial charge on any atom is 0.306 e. The van der Waals surface area contributed by atoms with Crippen LogP contribution < -0.4 is 0 Å². The molecule has 2 N–H and O–H groups in total. The molecule has 102 valence electrons. The Labute approximate surface area is 110 Å².